The third-order valence-electron chi connectivity index (χ3n) is 3.01. The van der Waals surface area contributed by atoms with E-state index < -0.39 is 0 Å². The summed E-state index contributed by atoms with van der Waals surface area (Å²) in [5.74, 6) is 2.25. The van der Waals surface area contributed by atoms with Gasteiger partial charge in [0.15, 0.2) is 5.82 Å². The first kappa shape index (κ1) is 15.9. The molecule has 0 spiro atoms. The first-order valence-corrected chi connectivity index (χ1v) is 5.89. The Hall–Kier alpha value is -1.11. The van der Waals surface area contributed by atoms with E-state index in [1.54, 1.807) is 0 Å². The fourth-order valence-electron chi connectivity index (χ4n) is 2.09. The highest BCUT2D eigenvalue weighted by Gasteiger charge is 2.22. The predicted molar refractivity (Wildman–Crippen MR) is 76.0 cm³/mol. The molecule has 1 aliphatic rings. The average Bonchev–Trinajstić information content (AvgIpc) is 2.98. The molecule has 1 saturated heterocycles. The molecule has 0 aliphatic carbocycles. The van der Waals surface area contributed by atoms with Gasteiger partial charge in [0.25, 0.3) is 0 Å². The van der Waals surface area contributed by atoms with Crippen molar-refractivity contribution >= 4 is 24.8 Å². The van der Waals surface area contributed by atoms with Crippen LogP contribution in [0.1, 0.15) is 30.3 Å². The summed E-state index contributed by atoms with van der Waals surface area (Å²) in [5.41, 5.74) is 0.922. The van der Waals surface area contributed by atoms with Gasteiger partial charge in [0.05, 0.1) is 11.6 Å². The largest absolute Gasteiger partial charge is 0.342 e. The second-order valence-corrected chi connectivity index (χ2v) is 4.39. The van der Waals surface area contributed by atoms with E-state index in [1.165, 1.54) is 0 Å². The monoisotopic (exact) mass is 305 g/mol. The molecule has 2 aromatic rings. The van der Waals surface area contributed by atoms with Crippen LogP contribution in [0.25, 0.3) is 11.6 Å². The van der Waals surface area contributed by atoms with E-state index in [4.69, 9.17) is 4.52 Å². The number of halogens is 2. The summed E-state index contributed by atoms with van der Waals surface area (Å²) in [6, 6.07) is 0. The Labute approximate surface area is 123 Å². The summed E-state index contributed by atoms with van der Waals surface area (Å²) in [4.78, 5) is 11.7. The summed E-state index contributed by atoms with van der Waals surface area (Å²) >= 11 is 0. The molecule has 0 bridgehead atoms. The van der Waals surface area contributed by atoms with Crippen LogP contribution in [-0.2, 0) is 0 Å². The highest BCUT2D eigenvalue weighted by atomic mass is 35.5. The number of imidazole rings is 1. The number of piperidine rings is 1. The molecule has 8 heteroatoms. The molecule has 3 rings (SSSR count). The maximum Gasteiger partial charge on any atom is 0.238 e. The Morgan fingerprint density at radius 2 is 2.16 bits per heavy atom. The molecule has 3 heterocycles. The van der Waals surface area contributed by atoms with E-state index >= 15 is 0 Å². The second-order valence-electron chi connectivity index (χ2n) is 4.39. The van der Waals surface area contributed by atoms with Crippen molar-refractivity contribution in [1.29, 1.82) is 0 Å². The van der Waals surface area contributed by atoms with Gasteiger partial charge in [-0.25, -0.2) is 4.98 Å². The van der Waals surface area contributed by atoms with Gasteiger partial charge in [-0.3, -0.25) is 0 Å². The molecule has 2 N–H and O–H groups in total. The lowest BCUT2D eigenvalue weighted by Crippen LogP contribution is -2.28. The number of aromatic nitrogens is 4. The minimum atomic E-state index is 0. The van der Waals surface area contributed by atoms with E-state index in [-0.39, 0.29) is 24.8 Å². The van der Waals surface area contributed by atoms with Gasteiger partial charge >= 0.3 is 0 Å². The molecule has 0 aromatic carbocycles. The van der Waals surface area contributed by atoms with Crippen LogP contribution >= 0.6 is 24.8 Å². The zero-order valence-corrected chi connectivity index (χ0v) is 12.2. The molecule has 0 radical (unpaired) electrons. The highest BCUT2D eigenvalue weighted by Crippen LogP contribution is 2.23. The number of aryl methyl sites for hydroxylation is 1. The predicted octanol–water partition coefficient (Wildman–Crippen LogP) is 2.08. The van der Waals surface area contributed by atoms with Crippen LogP contribution in [0.5, 0.6) is 0 Å². The van der Waals surface area contributed by atoms with Crippen molar-refractivity contribution < 1.29 is 4.52 Å². The summed E-state index contributed by atoms with van der Waals surface area (Å²) in [6.45, 7) is 3.92. The standard InChI is InChI=1S/C11H15N5O.2ClH/c1-7-5-13-9(14-7)10-15-11(17-16-10)8-3-2-4-12-6-8;;/h5,8,12H,2-4,6H2,1H3,(H,13,14);2*1H. The molecule has 0 amide bonds. The Balaban J connectivity index is 0.000000902. The molecule has 6 nitrogen and oxygen atoms in total. The molecule has 2 aromatic heterocycles. The number of hydrogen-bond acceptors (Lipinski definition) is 5. The Morgan fingerprint density at radius 1 is 1.32 bits per heavy atom. The van der Waals surface area contributed by atoms with Crippen molar-refractivity contribution in [2.75, 3.05) is 13.1 Å². The van der Waals surface area contributed by atoms with Crippen molar-refractivity contribution in [3.63, 3.8) is 0 Å². The van der Waals surface area contributed by atoms with E-state index in [2.05, 4.69) is 25.4 Å². The van der Waals surface area contributed by atoms with Crippen molar-refractivity contribution in [3.05, 3.63) is 17.8 Å². The van der Waals surface area contributed by atoms with Crippen LogP contribution < -0.4 is 5.32 Å². The zero-order chi connectivity index (χ0) is 11.7. The van der Waals surface area contributed by atoms with Gasteiger partial charge in [0.1, 0.15) is 0 Å². The molecule has 106 valence electrons. The molecule has 1 unspecified atom stereocenters. The van der Waals surface area contributed by atoms with Gasteiger partial charge in [0.2, 0.25) is 11.7 Å². The first-order chi connectivity index (χ1) is 8.33. The van der Waals surface area contributed by atoms with Crippen LogP contribution in [-0.4, -0.2) is 33.2 Å². The third kappa shape index (κ3) is 3.46. The van der Waals surface area contributed by atoms with Gasteiger partial charge in [-0.2, -0.15) is 4.98 Å². The van der Waals surface area contributed by atoms with Gasteiger partial charge < -0.3 is 14.8 Å². The van der Waals surface area contributed by atoms with Crippen LogP contribution in [0.15, 0.2) is 10.7 Å². The Kier molecular flexibility index (Phi) is 5.78. The number of rotatable bonds is 2. The molecule has 1 atom stereocenters. The quantitative estimate of drug-likeness (QED) is 0.888. The molecule has 19 heavy (non-hydrogen) atoms. The second kappa shape index (κ2) is 6.88. The van der Waals surface area contributed by atoms with Crippen LogP contribution in [0.4, 0.5) is 0 Å². The molecule has 1 fully saturated rings. The minimum Gasteiger partial charge on any atom is -0.342 e. The summed E-state index contributed by atoms with van der Waals surface area (Å²) in [7, 11) is 0. The maximum absolute atomic E-state index is 5.31. The van der Waals surface area contributed by atoms with E-state index in [1.807, 2.05) is 13.1 Å². The van der Waals surface area contributed by atoms with Crippen LogP contribution in [0, 0.1) is 6.92 Å². The summed E-state index contributed by atoms with van der Waals surface area (Å²) < 4.78 is 5.31. The number of hydrogen-bond donors (Lipinski definition) is 2. The number of nitrogens with zero attached hydrogens (tertiary/aromatic N) is 3. The Bertz CT molecular complexity index is 507. The fourth-order valence-corrected chi connectivity index (χ4v) is 2.09. The number of aromatic amines is 1. The topological polar surface area (TPSA) is 79.6 Å². The van der Waals surface area contributed by atoms with Gasteiger partial charge in [-0.05, 0) is 26.3 Å². The van der Waals surface area contributed by atoms with E-state index in [0.717, 1.165) is 31.6 Å². The first-order valence-electron chi connectivity index (χ1n) is 5.89. The van der Waals surface area contributed by atoms with Gasteiger partial charge in [0, 0.05) is 12.7 Å². The SMILES string of the molecule is Cc1c[nH]c(-c2noc(C3CCCNC3)n2)n1.Cl.Cl. The average molecular weight is 306 g/mol. The normalized spacial score (nSPS) is 18.5. The molecular formula is C11H17Cl2N5O. The lowest BCUT2D eigenvalue weighted by molar-refractivity contribution is 0.322. The highest BCUT2D eigenvalue weighted by molar-refractivity contribution is 5.85. The van der Waals surface area contributed by atoms with Crippen molar-refractivity contribution in [1.82, 2.24) is 25.4 Å². The maximum atomic E-state index is 5.31. The lowest BCUT2D eigenvalue weighted by atomic mass is 10.00. The molecule has 0 saturated carbocycles. The number of nitrogens with one attached hydrogen (secondary N) is 2. The third-order valence-corrected chi connectivity index (χ3v) is 3.01. The smallest absolute Gasteiger partial charge is 0.238 e. The molecule has 1 aliphatic heterocycles. The minimum absolute atomic E-state index is 0. The van der Waals surface area contributed by atoms with Crippen molar-refractivity contribution in [2.45, 2.75) is 25.7 Å². The Morgan fingerprint density at radius 3 is 2.79 bits per heavy atom. The zero-order valence-electron chi connectivity index (χ0n) is 10.5. The number of H-pyrrole nitrogens is 1. The molecular weight excluding hydrogens is 289 g/mol. The van der Waals surface area contributed by atoms with Crippen molar-refractivity contribution in [3.8, 4) is 11.6 Å². The van der Waals surface area contributed by atoms with E-state index in [9.17, 15) is 0 Å². The van der Waals surface area contributed by atoms with E-state index in [0.29, 0.717) is 23.5 Å². The van der Waals surface area contributed by atoms with Gasteiger partial charge in [-0.15, -0.1) is 24.8 Å². The lowest BCUT2D eigenvalue weighted by Gasteiger charge is -2.18. The summed E-state index contributed by atoms with van der Waals surface area (Å²) in [5, 5.41) is 7.30. The van der Waals surface area contributed by atoms with Crippen molar-refractivity contribution in [2.24, 2.45) is 0 Å². The van der Waals surface area contributed by atoms with Crippen LogP contribution in [0.2, 0.25) is 0 Å². The van der Waals surface area contributed by atoms with Gasteiger partial charge in [-0.1, -0.05) is 5.16 Å². The fraction of sp³-hybridized carbons (Fsp3) is 0.545. The van der Waals surface area contributed by atoms with Crippen LogP contribution in [0.3, 0.4) is 0 Å². The summed E-state index contributed by atoms with van der Waals surface area (Å²) in [6.07, 6.45) is 4.08.